The van der Waals surface area contributed by atoms with Crippen LogP contribution in [0.3, 0.4) is 0 Å². The van der Waals surface area contributed by atoms with E-state index in [1.807, 2.05) is 0 Å². The summed E-state index contributed by atoms with van der Waals surface area (Å²) in [6.45, 7) is 2.27. The van der Waals surface area contributed by atoms with Crippen molar-refractivity contribution in [1.82, 2.24) is 5.32 Å². The van der Waals surface area contributed by atoms with Crippen molar-refractivity contribution >= 4 is 11.8 Å². The Kier molecular flexibility index (Phi) is 7.54. The SMILES string of the molecule is CCC(CCCSCC1CCCC1)NC. The van der Waals surface area contributed by atoms with Gasteiger partial charge in [-0.25, -0.2) is 0 Å². The van der Waals surface area contributed by atoms with Crippen molar-refractivity contribution in [1.29, 1.82) is 0 Å². The molecule has 1 aliphatic carbocycles. The minimum atomic E-state index is 0.747. The average Bonchev–Trinajstić information content (AvgIpc) is 2.76. The van der Waals surface area contributed by atoms with Gasteiger partial charge in [0.2, 0.25) is 0 Å². The molecule has 1 rings (SSSR count). The molecular weight excluding hydrogens is 202 g/mol. The molecule has 0 amide bonds. The van der Waals surface area contributed by atoms with Crippen LogP contribution in [0, 0.1) is 5.92 Å². The number of nitrogens with one attached hydrogen (secondary N) is 1. The molecule has 1 atom stereocenters. The molecule has 1 saturated carbocycles. The second kappa shape index (κ2) is 8.46. The molecule has 0 aromatic carbocycles. The quantitative estimate of drug-likeness (QED) is 0.637. The molecule has 0 heterocycles. The van der Waals surface area contributed by atoms with Crippen molar-refractivity contribution < 1.29 is 0 Å². The second-order valence-electron chi connectivity index (χ2n) is 4.76. The highest BCUT2D eigenvalue weighted by atomic mass is 32.2. The van der Waals surface area contributed by atoms with E-state index in [0.29, 0.717) is 0 Å². The summed E-state index contributed by atoms with van der Waals surface area (Å²) in [5, 5.41) is 3.37. The van der Waals surface area contributed by atoms with Crippen LogP contribution in [-0.4, -0.2) is 24.6 Å². The molecule has 15 heavy (non-hydrogen) atoms. The topological polar surface area (TPSA) is 12.0 Å². The summed E-state index contributed by atoms with van der Waals surface area (Å²) < 4.78 is 0. The van der Waals surface area contributed by atoms with E-state index in [1.165, 1.54) is 56.5 Å². The molecule has 1 aliphatic rings. The Morgan fingerprint density at radius 3 is 2.67 bits per heavy atom. The average molecular weight is 229 g/mol. The number of rotatable bonds is 8. The zero-order valence-corrected chi connectivity index (χ0v) is 11.2. The summed E-state index contributed by atoms with van der Waals surface area (Å²) in [5.74, 6) is 3.85. The highest BCUT2D eigenvalue weighted by Crippen LogP contribution is 2.28. The van der Waals surface area contributed by atoms with Gasteiger partial charge < -0.3 is 5.32 Å². The maximum absolute atomic E-state index is 3.37. The monoisotopic (exact) mass is 229 g/mol. The van der Waals surface area contributed by atoms with E-state index in [-0.39, 0.29) is 0 Å². The molecule has 0 aromatic rings. The number of hydrogen-bond donors (Lipinski definition) is 1. The first-order valence-corrected chi connectivity index (χ1v) is 7.77. The van der Waals surface area contributed by atoms with Gasteiger partial charge in [-0.3, -0.25) is 0 Å². The van der Waals surface area contributed by atoms with Crippen LogP contribution >= 0.6 is 11.8 Å². The first-order valence-electron chi connectivity index (χ1n) is 6.61. The summed E-state index contributed by atoms with van der Waals surface area (Å²) in [6.07, 6.45) is 9.99. The van der Waals surface area contributed by atoms with Crippen LogP contribution < -0.4 is 5.32 Å². The van der Waals surface area contributed by atoms with Crippen LogP contribution in [0.25, 0.3) is 0 Å². The zero-order valence-electron chi connectivity index (χ0n) is 10.4. The van der Waals surface area contributed by atoms with E-state index in [1.54, 1.807) is 0 Å². The van der Waals surface area contributed by atoms with Crippen LogP contribution in [0.1, 0.15) is 51.9 Å². The Morgan fingerprint density at radius 1 is 1.33 bits per heavy atom. The Morgan fingerprint density at radius 2 is 2.07 bits per heavy atom. The normalized spacial score (nSPS) is 19.6. The zero-order chi connectivity index (χ0) is 10.9. The molecule has 2 heteroatoms. The predicted molar refractivity (Wildman–Crippen MR) is 71.7 cm³/mol. The fourth-order valence-corrected chi connectivity index (χ4v) is 3.62. The van der Waals surface area contributed by atoms with Gasteiger partial charge in [-0.05, 0) is 56.6 Å². The third-order valence-corrected chi connectivity index (χ3v) is 4.86. The molecular formula is C13H27NS. The molecule has 1 fully saturated rings. The van der Waals surface area contributed by atoms with Crippen molar-refractivity contribution in [2.75, 3.05) is 18.6 Å². The maximum atomic E-state index is 3.37. The summed E-state index contributed by atoms with van der Waals surface area (Å²) >= 11 is 2.19. The summed E-state index contributed by atoms with van der Waals surface area (Å²) in [4.78, 5) is 0. The lowest BCUT2D eigenvalue weighted by atomic mass is 10.1. The first-order chi connectivity index (χ1) is 7.36. The molecule has 90 valence electrons. The van der Waals surface area contributed by atoms with E-state index in [4.69, 9.17) is 0 Å². The highest BCUT2D eigenvalue weighted by Gasteiger charge is 2.14. The van der Waals surface area contributed by atoms with Gasteiger partial charge in [-0.2, -0.15) is 11.8 Å². The predicted octanol–water partition coefficient (Wildman–Crippen LogP) is 3.69. The highest BCUT2D eigenvalue weighted by molar-refractivity contribution is 7.99. The molecule has 1 unspecified atom stereocenters. The fraction of sp³-hybridized carbons (Fsp3) is 1.00. The fourth-order valence-electron chi connectivity index (χ4n) is 2.41. The van der Waals surface area contributed by atoms with Crippen molar-refractivity contribution in [3.63, 3.8) is 0 Å². The van der Waals surface area contributed by atoms with Crippen molar-refractivity contribution in [3.8, 4) is 0 Å². The first kappa shape index (κ1) is 13.4. The second-order valence-corrected chi connectivity index (χ2v) is 5.91. The molecule has 0 aromatic heterocycles. The van der Waals surface area contributed by atoms with E-state index in [2.05, 4.69) is 31.1 Å². The molecule has 1 N–H and O–H groups in total. The lowest BCUT2D eigenvalue weighted by Gasteiger charge is -2.13. The lowest BCUT2D eigenvalue weighted by Crippen LogP contribution is -2.24. The van der Waals surface area contributed by atoms with E-state index in [9.17, 15) is 0 Å². The van der Waals surface area contributed by atoms with Gasteiger partial charge in [0.15, 0.2) is 0 Å². The molecule has 1 nitrogen and oxygen atoms in total. The van der Waals surface area contributed by atoms with Gasteiger partial charge in [0, 0.05) is 6.04 Å². The van der Waals surface area contributed by atoms with Gasteiger partial charge in [0.25, 0.3) is 0 Å². The van der Waals surface area contributed by atoms with Crippen molar-refractivity contribution in [2.24, 2.45) is 5.92 Å². The summed E-state index contributed by atoms with van der Waals surface area (Å²) in [7, 11) is 2.08. The Labute approximate surface area is 99.8 Å². The third-order valence-electron chi connectivity index (χ3n) is 3.57. The van der Waals surface area contributed by atoms with Crippen LogP contribution in [0.4, 0.5) is 0 Å². The Bertz CT molecular complexity index is 135. The molecule has 0 radical (unpaired) electrons. The van der Waals surface area contributed by atoms with Crippen LogP contribution in [0.15, 0.2) is 0 Å². The van der Waals surface area contributed by atoms with E-state index in [0.717, 1.165) is 12.0 Å². The smallest absolute Gasteiger partial charge is 0.00617 e. The summed E-state index contributed by atoms with van der Waals surface area (Å²) in [5.41, 5.74) is 0. The molecule has 0 saturated heterocycles. The Balaban J connectivity index is 1.87. The molecule has 0 spiro atoms. The third kappa shape index (κ3) is 5.82. The van der Waals surface area contributed by atoms with Gasteiger partial charge >= 0.3 is 0 Å². The maximum Gasteiger partial charge on any atom is 0.00617 e. The van der Waals surface area contributed by atoms with Gasteiger partial charge in [0.1, 0.15) is 0 Å². The van der Waals surface area contributed by atoms with Crippen molar-refractivity contribution in [3.05, 3.63) is 0 Å². The minimum absolute atomic E-state index is 0.747. The minimum Gasteiger partial charge on any atom is -0.317 e. The van der Waals surface area contributed by atoms with Gasteiger partial charge in [0.05, 0.1) is 0 Å². The standard InChI is InChI=1S/C13H27NS/c1-3-13(14-2)9-6-10-15-11-12-7-4-5-8-12/h12-14H,3-11H2,1-2H3. The largest absolute Gasteiger partial charge is 0.317 e. The van der Waals surface area contributed by atoms with Gasteiger partial charge in [-0.1, -0.05) is 19.8 Å². The Hall–Kier alpha value is 0.310. The van der Waals surface area contributed by atoms with E-state index >= 15 is 0 Å². The van der Waals surface area contributed by atoms with Crippen molar-refractivity contribution in [2.45, 2.75) is 57.9 Å². The van der Waals surface area contributed by atoms with Gasteiger partial charge in [-0.15, -0.1) is 0 Å². The van der Waals surface area contributed by atoms with E-state index < -0.39 is 0 Å². The molecule has 0 aliphatic heterocycles. The van der Waals surface area contributed by atoms with Crippen LogP contribution in [0.5, 0.6) is 0 Å². The van der Waals surface area contributed by atoms with Crippen LogP contribution in [0.2, 0.25) is 0 Å². The summed E-state index contributed by atoms with van der Waals surface area (Å²) in [6, 6.07) is 0.747. The number of thioether (sulfide) groups is 1. The van der Waals surface area contributed by atoms with Crippen LogP contribution in [-0.2, 0) is 0 Å². The molecule has 0 bridgehead atoms. The lowest BCUT2D eigenvalue weighted by molar-refractivity contribution is 0.504. The number of hydrogen-bond acceptors (Lipinski definition) is 2.